The van der Waals surface area contributed by atoms with Crippen LogP contribution in [0.2, 0.25) is 121 Å². The molecule has 0 saturated carbocycles. The molecule has 0 amide bonds. The Kier molecular flexibility index (Phi) is 55.5. The van der Waals surface area contributed by atoms with Crippen LogP contribution in [-0.4, -0.2) is 171 Å². The highest BCUT2D eigenvalue weighted by atomic mass is 28.4. The Labute approximate surface area is 465 Å². The smallest absolute Gasteiger partial charge is 0.321 e. The molecule has 6 unspecified atom stereocenters. The van der Waals surface area contributed by atoms with E-state index in [2.05, 4.69) is 85.5 Å². The predicted octanol–water partition coefficient (Wildman–Crippen LogP) is 11.8. The van der Waals surface area contributed by atoms with E-state index >= 15 is 0 Å². The summed E-state index contributed by atoms with van der Waals surface area (Å²) in [5, 5.41) is 50.9. The van der Waals surface area contributed by atoms with Gasteiger partial charge in [0.15, 0.2) is 41.6 Å². The summed E-state index contributed by atoms with van der Waals surface area (Å²) in [6.45, 7) is 40.1. The average Bonchev–Trinajstić information content (AvgIpc) is 3.31. The van der Waals surface area contributed by atoms with E-state index in [1.165, 1.54) is 115 Å². The van der Waals surface area contributed by atoms with E-state index in [9.17, 15) is 10.2 Å². The molecule has 0 heterocycles. The van der Waals surface area contributed by atoms with Gasteiger partial charge in [-0.2, -0.15) is 0 Å². The van der Waals surface area contributed by atoms with Crippen LogP contribution in [0.1, 0.15) is 145 Å². The molecule has 0 saturated heterocycles. The van der Waals surface area contributed by atoms with E-state index in [1.807, 2.05) is 13.8 Å². The highest BCUT2D eigenvalue weighted by Crippen LogP contribution is 2.31. The lowest BCUT2D eigenvalue weighted by molar-refractivity contribution is 0.00631. The lowest BCUT2D eigenvalue weighted by atomic mass is 10.1. The van der Waals surface area contributed by atoms with Crippen molar-refractivity contribution in [3.05, 3.63) is 0 Å². The fraction of sp³-hybridized carbons (Fsp3) is 1.00. The maximum absolute atomic E-state index is 9.74. The fourth-order valence-corrected chi connectivity index (χ4v) is 35.3. The van der Waals surface area contributed by atoms with Gasteiger partial charge in [-0.1, -0.05) is 117 Å². The number of aliphatic hydroxyl groups is 6. The molecular formula is C52H130O13Si8. The van der Waals surface area contributed by atoms with Crippen LogP contribution in [0.3, 0.4) is 0 Å². The molecule has 0 rings (SSSR count). The van der Waals surface area contributed by atoms with Crippen LogP contribution in [-0.2, 0) is 30.4 Å². The molecule has 0 bridgehead atoms. The number of hydrogen-bond acceptors (Lipinski definition) is 13. The third kappa shape index (κ3) is 57.7. The molecule has 73 heavy (non-hydrogen) atoms. The summed E-state index contributed by atoms with van der Waals surface area (Å²) in [6, 6.07) is 8.29. The van der Waals surface area contributed by atoms with Crippen molar-refractivity contribution in [1.29, 1.82) is 0 Å². The number of rotatable bonds is 47. The summed E-state index contributed by atoms with van der Waals surface area (Å²) in [5.74, 6) is 0. The highest BCUT2D eigenvalue weighted by molar-refractivity contribution is 6.85. The number of unbranched alkanes of at least 4 members (excludes halogenated alkanes) is 12. The van der Waals surface area contributed by atoms with Gasteiger partial charge < -0.3 is 61.0 Å². The van der Waals surface area contributed by atoms with Crippen molar-refractivity contribution in [3.8, 4) is 0 Å². The topological polar surface area (TPSA) is 186 Å². The zero-order valence-electron chi connectivity index (χ0n) is 51.3. The van der Waals surface area contributed by atoms with E-state index in [4.69, 9.17) is 50.8 Å². The summed E-state index contributed by atoms with van der Waals surface area (Å²) in [6.07, 6.45) is 19.6. The van der Waals surface area contributed by atoms with Crippen molar-refractivity contribution in [1.82, 2.24) is 0 Å². The predicted molar refractivity (Wildman–Crippen MR) is 336 cm³/mol. The van der Waals surface area contributed by atoms with Crippen molar-refractivity contribution in [2.45, 2.75) is 283 Å². The van der Waals surface area contributed by atoms with Crippen LogP contribution in [0, 0.1) is 0 Å². The maximum atomic E-state index is 9.74. The Balaban J connectivity index is -0.00000109. The van der Waals surface area contributed by atoms with Crippen LogP contribution < -0.4 is 0 Å². The van der Waals surface area contributed by atoms with Gasteiger partial charge >= 0.3 is 8.56 Å². The molecule has 0 aromatic rings. The molecule has 21 heteroatoms. The number of hydrogen-bond donors (Lipinski definition) is 6. The first kappa shape index (κ1) is 80.7. The lowest BCUT2D eigenvalue weighted by Gasteiger charge is -2.35. The molecule has 6 atom stereocenters. The van der Waals surface area contributed by atoms with Gasteiger partial charge in [0.2, 0.25) is 0 Å². The van der Waals surface area contributed by atoms with Gasteiger partial charge in [-0.25, -0.2) is 0 Å². The monoisotopic (exact) mass is 1190 g/mol. The van der Waals surface area contributed by atoms with Crippen LogP contribution in [0.25, 0.3) is 0 Å². The van der Waals surface area contributed by atoms with Crippen LogP contribution in [0.5, 0.6) is 0 Å². The third-order valence-corrected chi connectivity index (χ3v) is 38.1. The second-order valence-electron chi connectivity index (χ2n) is 23.0. The number of aliphatic hydroxyl groups excluding tert-OH is 6. The largest absolute Gasteiger partial charge is 0.461 e. The molecule has 0 aromatic heterocycles. The molecule has 0 spiro atoms. The SMILES string of the molecule is CC.CC(O)CO.CC(O)CO.CCCCCCCCCCCC[Si](C)(CCCCO[Si](C)(CCCCO[Si](C)(CCCCO[Si](C)(C)O[SiH2]C)CC[Si](C)(C)O[Si](C)(C)C)CCCOCC(O)CO)O[SiH2]C.[HH]. The minimum Gasteiger partial charge on any atom is -0.461 e. The first-order chi connectivity index (χ1) is 34.2. The van der Waals surface area contributed by atoms with Crippen molar-refractivity contribution in [3.63, 3.8) is 0 Å². The van der Waals surface area contributed by atoms with E-state index in [0.29, 0.717) is 6.61 Å². The summed E-state index contributed by atoms with van der Waals surface area (Å²) < 4.78 is 45.3. The van der Waals surface area contributed by atoms with Crippen molar-refractivity contribution < 1.29 is 62.4 Å². The van der Waals surface area contributed by atoms with Gasteiger partial charge in [-0.05, 0) is 147 Å². The van der Waals surface area contributed by atoms with Gasteiger partial charge in [0.25, 0.3) is 0 Å². The van der Waals surface area contributed by atoms with Crippen molar-refractivity contribution in [2.75, 3.05) is 52.9 Å². The molecule has 6 N–H and O–H groups in total. The molecule has 0 fully saturated rings. The van der Waals surface area contributed by atoms with Crippen LogP contribution in [0.4, 0.5) is 0 Å². The molecule has 0 aliphatic carbocycles. The molecule has 0 radical (unpaired) electrons. The first-order valence-corrected chi connectivity index (χ1v) is 51.3. The van der Waals surface area contributed by atoms with Gasteiger partial charge in [-0.3, -0.25) is 0 Å². The van der Waals surface area contributed by atoms with Crippen molar-refractivity contribution >= 4 is 69.7 Å². The molecule has 448 valence electrons. The Bertz CT molecular complexity index is 1170. The molecular weight excluding hydrogens is 1060 g/mol. The van der Waals surface area contributed by atoms with Gasteiger partial charge in [0.1, 0.15) is 25.6 Å². The Morgan fingerprint density at radius 3 is 1.21 bits per heavy atom. The summed E-state index contributed by atoms with van der Waals surface area (Å²) >= 11 is 0. The summed E-state index contributed by atoms with van der Waals surface area (Å²) in [5.41, 5.74) is 0. The minimum absolute atomic E-state index is 0. The molecule has 0 aliphatic heterocycles. The molecule has 13 nitrogen and oxygen atoms in total. The molecule has 0 aliphatic rings. The quantitative estimate of drug-likeness (QED) is 0.0250. The first-order valence-electron chi connectivity index (χ1n) is 29.6. The van der Waals surface area contributed by atoms with Gasteiger partial charge in [-0.15, -0.1) is 0 Å². The average molecular weight is 1190 g/mol. The standard InChI is InChI=1S/C44H106O9Si8.2C3H8O2.C2H6.H2/c1-14-15-16-17-18-19-20-21-22-26-37-61(13,52-55-3)38-29-25-33-49-59(11,39-30-31-47-43-44(46)42-45)35-28-24-34-50-60(12,41-40-57(7,8)53-56(4,5)6)36-27-23-32-48-58(9,10)51-54-2;2*1-3(5)2-4;1-2;/h44-46H,14-43,54-55H2,1-13H3;2*3-5H,2H2,1H3;1-2H3;1H. The second kappa shape index (κ2) is 50.2. The van der Waals surface area contributed by atoms with E-state index in [0.717, 1.165) is 70.4 Å². The Hall–Kier alpha value is 1.22. The zero-order valence-corrected chi connectivity index (χ0v) is 60.1. The van der Waals surface area contributed by atoms with E-state index < -0.39 is 88.0 Å². The van der Waals surface area contributed by atoms with Crippen LogP contribution in [0.15, 0.2) is 0 Å². The van der Waals surface area contributed by atoms with Crippen LogP contribution >= 0.6 is 0 Å². The molecule has 0 aromatic carbocycles. The third-order valence-electron chi connectivity index (χ3n) is 12.6. The highest BCUT2D eigenvalue weighted by Gasteiger charge is 2.36. The van der Waals surface area contributed by atoms with Gasteiger partial charge in [0, 0.05) is 27.9 Å². The fourth-order valence-electron chi connectivity index (χ4n) is 8.56. The second-order valence-corrected chi connectivity index (χ2v) is 50.9. The lowest BCUT2D eigenvalue weighted by Crippen LogP contribution is -2.44. The minimum atomic E-state index is -1.98. The van der Waals surface area contributed by atoms with E-state index in [1.54, 1.807) is 0 Å². The zero-order chi connectivity index (χ0) is 56.7. The summed E-state index contributed by atoms with van der Waals surface area (Å²) in [7, 11) is -11.7. The van der Waals surface area contributed by atoms with E-state index in [-0.39, 0.29) is 27.9 Å². The Morgan fingerprint density at radius 1 is 0.438 bits per heavy atom. The van der Waals surface area contributed by atoms with Crippen molar-refractivity contribution in [2.24, 2.45) is 0 Å². The maximum Gasteiger partial charge on any atom is 0.321 e. The normalized spacial score (nSPS) is 16.2. The summed E-state index contributed by atoms with van der Waals surface area (Å²) in [4.78, 5) is 0. The Morgan fingerprint density at radius 2 is 0.808 bits per heavy atom. The van der Waals surface area contributed by atoms with Gasteiger partial charge in [0.05, 0.1) is 38.6 Å². The number of ether oxygens (including phenoxy) is 1.